The maximum absolute atomic E-state index is 11.4. The number of aromatic nitrogens is 1. The number of nitrogens with two attached hydrogens (primary N) is 2. The van der Waals surface area contributed by atoms with Crippen LogP contribution >= 0.6 is 0 Å². The number of primary amides is 1. The van der Waals surface area contributed by atoms with Crippen LogP contribution in [0.15, 0.2) is 30.5 Å². The summed E-state index contributed by atoms with van der Waals surface area (Å²) in [5.74, 6) is -0.332. The SMILES string of the molecule is NC(=O)C1CCCN(c2c(N)cnc3ccccc23)C1. The molecule has 1 aromatic heterocycles. The molecule has 1 atom stereocenters. The van der Waals surface area contributed by atoms with E-state index >= 15 is 0 Å². The lowest BCUT2D eigenvalue weighted by Gasteiger charge is -2.34. The van der Waals surface area contributed by atoms with Crippen LogP contribution in [0.5, 0.6) is 0 Å². The van der Waals surface area contributed by atoms with Gasteiger partial charge in [-0.15, -0.1) is 0 Å². The van der Waals surface area contributed by atoms with Crippen molar-refractivity contribution in [2.24, 2.45) is 11.7 Å². The standard InChI is InChI=1S/C15H18N4O/c16-12-8-18-13-6-2-1-5-11(13)14(12)19-7-3-4-10(9-19)15(17)20/h1-2,5-6,8,10H,3-4,7,9,16H2,(H2,17,20). The van der Waals surface area contributed by atoms with Crippen LogP contribution in [0.2, 0.25) is 0 Å². The molecule has 2 heterocycles. The van der Waals surface area contributed by atoms with E-state index in [0.717, 1.165) is 36.0 Å². The first-order chi connectivity index (χ1) is 9.66. The highest BCUT2D eigenvalue weighted by Crippen LogP contribution is 2.34. The highest BCUT2D eigenvalue weighted by molar-refractivity contribution is 5.97. The summed E-state index contributed by atoms with van der Waals surface area (Å²) in [5, 5.41) is 1.03. The average molecular weight is 270 g/mol. The Morgan fingerprint density at radius 1 is 1.35 bits per heavy atom. The molecule has 0 bridgehead atoms. The number of anilines is 2. The Balaban J connectivity index is 2.05. The fraction of sp³-hybridized carbons (Fsp3) is 0.333. The smallest absolute Gasteiger partial charge is 0.222 e. The van der Waals surface area contributed by atoms with E-state index in [1.807, 2.05) is 24.3 Å². The van der Waals surface area contributed by atoms with Crippen LogP contribution in [0.25, 0.3) is 10.9 Å². The molecule has 1 unspecified atom stereocenters. The number of pyridine rings is 1. The van der Waals surface area contributed by atoms with Crippen molar-refractivity contribution in [3.8, 4) is 0 Å². The van der Waals surface area contributed by atoms with Crippen molar-refractivity contribution in [1.29, 1.82) is 0 Å². The molecule has 5 nitrogen and oxygen atoms in total. The molecule has 0 spiro atoms. The van der Waals surface area contributed by atoms with Crippen LogP contribution in [-0.4, -0.2) is 24.0 Å². The second-order valence-electron chi connectivity index (χ2n) is 5.27. The predicted molar refractivity (Wildman–Crippen MR) is 80.3 cm³/mol. The lowest BCUT2D eigenvalue weighted by atomic mass is 9.96. The summed E-state index contributed by atoms with van der Waals surface area (Å²) in [6.45, 7) is 1.52. The summed E-state index contributed by atoms with van der Waals surface area (Å²) in [6.07, 6.45) is 3.49. The summed E-state index contributed by atoms with van der Waals surface area (Å²) in [5.41, 5.74) is 14.1. The summed E-state index contributed by atoms with van der Waals surface area (Å²) in [4.78, 5) is 17.9. The van der Waals surface area contributed by atoms with Gasteiger partial charge in [0.1, 0.15) is 0 Å². The minimum atomic E-state index is -0.230. The van der Waals surface area contributed by atoms with Crippen LogP contribution in [0.4, 0.5) is 11.4 Å². The van der Waals surface area contributed by atoms with Crippen molar-refractivity contribution in [3.63, 3.8) is 0 Å². The van der Waals surface area contributed by atoms with Crippen molar-refractivity contribution in [1.82, 2.24) is 4.98 Å². The summed E-state index contributed by atoms with van der Waals surface area (Å²) < 4.78 is 0. The molecule has 5 heteroatoms. The van der Waals surface area contributed by atoms with E-state index < -0.39 is 0 Å². The van der Waals surface area contributed by atoms with Crippen LogP contribution in [0, 0.1) is 5.92 Å². The second kappa shape index (κ2) is 5.00. The zero-order valence-electron chi connectivity index (χ0n) is 11.2. The van der Waals surface area contributed by atoms with Crippen LogP contribution < -0.4 is 16.4 Å². The highest BCUT2D eigenvalue weighted by atomic mass is 16.1. The largest absolute Gasteiger partial charge is 0.396 e. The maximum atomic E-state index is 11.4. The number of piperidine rings is 1. The Labute approximate surface area is 117 Å². The molecule has 0 saturated carbocycles. The quantitative estimate of drug-likeness (QED) is 0.866. The number of para-hydroxylation sites is 1. The van der Waals surface area contributed by atoms with Gasteiger partial charge in [-0.3, -0.25) is 9.78 Å². The summed E-state index contributed by atoms with van der Waals surface area (Å²) in [7, 11) is 0. The molecule has 1 amide bonds. The molecule has 2 aromatic rings. The molecule has 0 aliphatic carbocycles. The van der Waals surface area contributed by atoms with E-state index in [1.165, 1.54) is 0 Å². The van der Waals surface area contributed by atoms with Crippen LogP contribution in [0.3, 0.4) is 0 Å². The van der Waals surface area contributed by atoms with Crippen molar-refractivity contribution >= 4 is 28.2 Å². The minimum Gasteiger partial charge on any atom is -0.396 e. The third kappa shape index (κ3) is 2.15. The number of rotatable bonds is 2. The Morgan fingerprint density at radius 3 is 2.95 bits per heavy atom. The second-order valence-corrected chi connectivity index (χ2v) is 5.27. The Bertz CT molecular complexity index is 655. The van der Waals surface area contributed by atoms with Crippen LogP contribution in [0.1, 0.15) is 12.8 Å². The van der Waals surface area contributed by atoms with Gasteiger partial charge in [-0.1, -0.05) is 18.2 Å². The Hall–Kier alpha value is -2.30. The van der Waals surface area contributed by atoms with Gasteiger partial charge in [-0.2, -0.15) is 0 Å². The van der Waals surface area contributed by atoms with E-state index in [1.54, 1.807) is 6.20 Å². The molecule has 20 heavy (non-hydrogen) atoms. The fourth-order valence-electron chi connectivity index (χ4n) is 2.91. The predicted octanol–water partition coefficient (Wildman–Crippen LogP) is 1.52. The monoisotopic (exact) mass is 270 g/mol. The molecule has 1 aliphatic rings. The van der Waals surface area contributed by atoms with Crippen molar-refractivity contribution in [2.75, 3.05) is 23.7 Å². The van der Waals surface area contributed by atoms with Gasteiger partial charge in [-0.05, 0) is 18.9 Å². The van der Waals surface area contributed by atoms with E-state index in [-0.39, 0.29) is 11.8 Å². The zero-order chi connectivity index (χ0) is 14.1. The number of nitrogen functional groups attached to an aromatic ring is 1. The van der Waals surface area contributed by atoms with E-state index in [4.69, 9.17) is 11.5 Å². The molecule has 1 aliphatic heterocycles. The third-order valence-electron chi connectivity index (χ3n) is 3.92. The van der Waals surface area contributed by atoms with E-state index in [0.29, 0.717) is 12.2 Å². The van der Waals surface area contributed by atoms with Gasteiger partial charge in [0.2, 0.25) is 5.91 Å². The van der Waals surface area contributed by atoms with Gasteiger partial charge in [0.05, 0.1) is 29.0 Å². The molecule has 4 N–H and O–H groups in total. The number of benzene rings is 1. The first kappa shape index (κ1) is 12.7. The fourth-order valence-corrected chi connectivity index (χ4v) is 2.91. The van der Waals surface area contributed by atoms with Crippen molar-refractivity contribution in [3.05, 3.63) is 30.5 Å². The zero-order valence-corrected chi connectivity index (χ0v) is 11.2. The molecule has 104 valence electrons. The molecular weight excluding hydrogens is 252 g/mol. The van der Waals surface area contributed by atoms with Crippen LogP contribution in [-0.2, 0) is 4.79 Å². The first-order valence-corrected chi connectivity index (χ1v) is 6.84. The highest BCUT2D eigenvalue weighted by Gasteiger charge is 2.26. The molecule has 1 aromatic carbocycles. The normalized spacial score (nSPS) is 19.2. The Kier molecular flexibility index (Phi) is 3.18. The number of carbonyl (C=O) groups is 1. The van der Waals surface area contributed by atoms with Gasteiger partial charge in [0.25, 0.3) is 0 Å². The van der Waals surface area contributed by atoms with Crippen molar-refractivity contribution in [2.45, 2.75) is 12.8 Å². The Morgan fingerprint density at radius 2 is 2.15 bits per heavy atom. The van der Waals surface area contributed by atoms with Gasteiger partial charge in [-0.25, -0.2) is 0 Å². The maximum Gasteiger partial charge on any atom is 0.222 e. The lowest BCUT2D eigenvalue weighted by Crippen LogP contribution is -2.41. The third-order valence-corrected chi connectivity index (χ3v) is 3.92. The van der Waals surface area contributed by atoms with Gasteiger partial charge in [0.15, 0.2) is 0 Å². The van der Waals surface area contributed by atoms with E-state index in [9.17, 15) is 4.79 Å². The molecule has 3 rings (SSSR count). The first-order valence-electron chi connectivity index (χ1n) is 6.84. The summed E-state index contributed by atoms with van der Waals surface area (Å²) >= 11 is 0. The van der Waals surface area contributed by atoms with Gasteiger partial charge >= 0.3 is 0 Å². The van der Waals surface area contributed by atoms with E-state index in [2.05, 4.69) is 9.88 Å². The lowest BCUT2D eigenvalue weighted by molar-refractivity contribution is -0.122. The number of carbonyl (C=O) groups excluding carboxylic acids is 1. The van der Waals surface area contributed by atoms with Gasteiger partial charge in [0, 0.05) is 18.5 Å². The molecule has 1 saturated heterocycles. The number of fused-ring (bicyclic) bond motifs is 1. The number of amides is 1. The number of nitrogens with zero attached hydrogens (tertiary/aromatic N) is 2. The van der Waals surface area contributed by atoms with Gasteiger partial charge < -0.3 is 16.4 Å². The molecule has 1 fully saturated rings. The summed E-state index contributed by atoms with van der Waals surface area (Å²) in [6, 6.07) is 7.91. The average Bonchev–Trinajstić information content (AvgIpc) is 2.47. The minimum absolute atomic E-state index is 0.102. The van der Waals surface area contributed by atoms with Crippen molar-refractivity contribution < 1.29 is 4.79 Å². The number of hydrogen-bond acceptors (Lipinski definition) is 4. The number of hydrogen-bond donors (Lipinski definition) is 2. The molecule has 0 radical (unpaired) electrons. The molecular formula is C15H18N4O. The topological polar surface area (TPSA) is 85.2 Å².